The molecule has 0 aromatic heterocycles. The first-order chi connectivity index (χ1) is 6.32. The van der Waals surface area contributed by atoms with Crippen LogP contribution in [0.25, 0.3) is 0 Å². The molecule has 0 saturated carbocycles. The minimum atomic E-state index is -0.922. The molecule has 1 amide bonds. The fraction of sp³-hybridized carbons (Fsp3) is 0.800. The summed E-state index contributed by atoms with van der Waals surface area (Å²) in [5.74, 6) is 0.0624. The average molecular weight is 199 g/mol. The first-order valence-electron chi connectivity index (χ1n) is 4.84. The lowest BCUT2D eigenvalue weighted by molar-refractivity contribution is -0.129. The van der Waals surface area contributed by atoms with Crippen molar-refractivity contribution in [2.75, 3.05) is 13.1 Å². The number of carbonyl (C=O) groups excluding carboxylic acids is 1. The Hall–Kier alpha value is -1.06. The Bertz CT molecular complexity index is 255. The van der Waals surface area contributed by atoms with Crippen LogP contribution < -0.4 is 0 Å². The molecule has 0 bridgehead atoms. The number of ketones is 1. The number of carbonyl (C=O) groups is 2. The Kier molecular flexibility index (Phi) is 2.83. The number of hydrogen-bond acceptors (Lipinski definition) is 2. The summed E-state index contributed by atoms with van der Waals surface area (Å²) in [6.45, 7) is 6.48. The van der Waals surface area contributed by atoms with Gasteiger partial charge in [0.2, 0.25) is 0 Å². The van der Waals surface area contributed by atoms with Crippen LogP contribution in [-0.4, -0.2) is 35.0 Å². The lowest BCUT2D eigenvalue weighted by Crippen LogP contribution is -2.32. The number of carboxylic acid groups (broad SMARTS) is 1. The topological polar surface area (TPSA) is 57.6 Å². The SMILES string of the molecule is CC(C)(C)C(=O)[C@@H]1CCN(C(=O)O)C1. The summed E-state index contributed by atoms with van der Waals surface area (Å²) in [7, 11) is 0. The first-order valence-corrected chi connectivity index (χ1v) is 4.84. The zero-order chi connectivity index (χ0) is 10.9. The number of hydrogen-bond donors (Lipinski definition) is 1. The fourth-order valence-electron chi connectivity index (χ4n) is 1.76. The van der Waals surface area contributed by atoms with Gasteiger partial charge in [-0.25, -0.2) is 4.79 Å². The van der Waals surface area contributed by atoms with E-state index >= 15 is 0 Å². The zero-order valence-electron chi connectivity index (χ0n) is 8.91. The van der Waals surface area contributed by atoms with Gasteiger partial charge in [-0.2, -0.15) is 0 Å². The molecule has 1 rings (SSSR count). The number of rotatable bonds is 1. The van der Waals surface area contributed by atoms with Gasteiger partial charge in [-0.3, -0.25) is 4.79 Å². The van der Waals surface area contributed by atoms with Crippen molar-refractivity contribution in [3.8, 4) is 0 Å². The summed E-state index contributed by atoms with van der Waals surface area (Å²) < 4.78 is 0. The zero-order valence-corrected chi connectivity index (χ0v) is 8.91. The summed E-state index contributed by atoms with van der Waals surface area (Å²) in [5, 5.41) is 8.73. The molecule has 0 radical (unpaired) electrons. The molecule has 1 atom stereocenters. The van der Waals surface area contributed by atoms with Crippen LogP contribution >= 0.6 is 0 Å². The highest BCUT2D eigenvalue weighted by Gasteiger charge is 2.35. The van der Waals surface area contributed by atoms with E-state index in [1.807, 2.05) is 20.8 Å². The average Bonchev–Trinajstić information content (AvgIpc) is 2.48. The summed E-state index contributed by atoms with van der Waals surface area (Å²) in [6.07, 6.45) is -0.253. The van der Waals surface area contributed by atoms with Crippen molar-refractivity contribution in [1.29, 1.82) is 0 Å². The lowest BCUT2D eigenvalue weighted by Gasteiger charge is -2.21. The maximum absolute atomic E-state index is 11.8. The van der Waals surface area contributed by atoms with Gasteiger partial charge in [0.15, 0.2) is 0 Å². The maximum Gasteiger partial charge on any atom is 0.407 e. The van der Waals surface area contributed by atoms with Gasteiger partial charge >= 0.3 is 6.09 Å². The van der Waals surface area contributed by atoms with Crippen LogP contribution in [0.5, 0.6) is 0 Å². The third-order valence-electron chi connectivity index (χ3n) is 2.57. The summed E-state index contributed by atoms with van der Waals surface area (Å²) in [5.41, 5.74) is -0.362. The van der Waals surface area contributed by atoms with Crippen LogP contribution in [0.15, 0.2) is 0 Å². The molecular formula is C10H17NO3. The van der Waals surface area contributed by atoms with Gasteiger partial charge in [-0.1, -0.05) is 20.8 Å². The van der Waals surface area contributed by atoms with Crippen LogP contribution in [0.2, 0.25) is 0 Å². The van der Waals surface area contributed by atoms with Crippen LogP contribution in [0.4, 0.5) is 4.79 Å². The molecule has 14 heavy (non-hydrogen) atoms. The molecule has 0 unspecified atom stereocenters. The van der Waals surface area contributed by atoms with E-state index in [2.05, 4.69) is 0 Å². The molecule has 0 aromatic carbocycles. The summed E-state index contributed by atoms with van der Waals surface area (Å²) in [6, 6.07) is 0. The van der Waals surface area contributed by atoms with Crippen molar-refractivity contribution in [3.63, 3.8) is 0 Å². The third-order valence-corrected chi connectivity index (χ3v) is 2.57. The highest BCUT2D eigenvalue weighted by Crippen LogP contribution is 2.26. The van der Waals surface area contributed by atoms with Gasteiger partial charge in [0.25, 0.3) is 0 Å². The molecule has 4 heteroatoms. The molecule has 1 N–H and O–H groups in total. The molecule has 80 valence electrons. The molecule has 1 saturated heterocycles. The summed E-state index contributed by atoms with van der Waals surface area (Å²) in [4.78, 5) is 23.8. The molecule has 1 heterocycles. The highest BCUT2D eigenvalue weighted by molar-refractivity contribution is 5.87. The molecule has 1 aliphatic heterocycles. The third kappa shape index (κ3) is 2.25. The van der Waals surface area contributed by atoms with Crippen LogP contribution in [0, 0.1) is 11.3 Å². The highest BCUT2D eigenvalue weighted by atomic mass is 16.4. The van der Waals surface area contributed by atoms with E-state index in [-0.39, 0.29) is 17.1 Å². The Morgan fingerprint density at radius 1 is 1.36 bits per heavy atom. The second-order valence-electron chi connectivity index (χ2n) is 4.83. The van der Waals surface area contributed by atoms with Crippen molar-refractivity contribution >= 4 is 11.9 Å². The van der Waals surface area contributed by atoms with Crippen molar-refractivity contribution in [1.82, 2.24) is 4.90 Å². The van der Waals surface area contributed by atoms with Gasteiger partial charge < -0.3 is 10.0 Å². The van der Waals surface area contributed by atoms with Gasteiger partial charge in [0, 0.05) is 24.4 Å². The minimum Gasteiger partial charge on any atom is -0.465 e. The maximum atomic E-state index is 11.8. The van der Waals surface area contributed by atoms with Gasteiger partial charge in [0.05, 0.1) is 0 Å². The molecule has 1 aliphatic rings. The van der Waals surface area contributed by atoms with Crippen molar-refractivity contribution in [2.24, 2.45) is 11.3 Å². The number of likely N-dealkylation sites (tertiary alicyclic amines) is 1. The van der Waals surface area contributed by atoms with Crippen molar-refractivity contribution in [3.05, 3.63) is 0 Å². The molecule has 1 fully saturated rings. The molecule has 0 spiro atoms. The van der Waals surface area contributed by atoms with E-state index in [1.54, 1.807) is 0 Å². The predicted molar refractivity (Wildman–Crippen MR) is 52.2 cm³/mol. The molecular weight excluding hydrogens is 182 g/mol. The van der Waals surface area contributed by atoms with E-state index < -0.39 is 6.09 Å². The Labute approximate surface area is 83.9 Å². The Morgan fingerprint density at radius 2 is 1.93 bits per heavy atom. The van der Waals surface area contributed by atoms with Crippen molar-refractivity contribution in [2.45, 2.75) is 27.2 Å². The number of amides is 1. The quantitative estimate of drug-likeness (QED) is 0.697. The van der Waals surface area contributed by atoms with Gasteiger partial charge in [-0.15, -0.1) is 0 Å². The van der Waals surface area contributed by atoms with E-state index in [1.165, 1.54) is 4.90 Å². The Balaban J connectivity index is 2.59. The van der Waals surface area contributed by atoms with E-state index in [4.69, 9.17) is 5.11 Å². The van der Waals surface area contributed by atoms with E-state index in [0.717, 1.165) is 0 Å². The van der Waals surface area contributed by atoms with Gasteiger partial charge in [0.1, 0.15) is 5.78 Å². The summed E-state index contributed by atoms with van der Waals surface area (Å²) >= 11 is 0. The lowest BCUT2D eigenvalue weighted by atomic mass is 9.83. The Morgan fingerprint density at radius 3 is 2.29 bits per heavy atom. The monoisotopic (exact) mass is 199 g/mol. The largest absolute Gasteiger partial charge is 0.465 e. The first kappa shape index (κ1) is 11.0. The van der Waals surface area contributed by atoms with E-state index in [0.29, 0.717) is 19.5 Å². The second kappa shape index (κ2) is 3.59. The fourth-order valence-corrected chi connectivity index (χ4v) is 1.76. The number of Topliss-reactive ketones (excluding diaryl/α,β-unsaturated/α-hetero) is 1. The van der Waals surface area contributed by atoms with Crippen molar-refractivity contribution < 1.29 is 14.7 Å². The van der Waals surface area contributed by atoms with Crippen LogP contribution in [0.1, 0.15) is 27.2 Å². The smallest absolute Gasteiger partial charge is 0.407 e. The molecule has 4 nitrogen and oxygen atoms in total. The normalized spacial score (nSPS) is 22.5. The standard InChI is InChI=1S/C10H17NO3/c1-10(2,3)8(12)7-4-5-11(6-7)9(13)14/h7H,4-6H2,1-3H3,(H,13,14)/t7-/m1/s1. The van der Waals surface area contributed by atoms with E-state index in [9.17, 15) is 9.59 Å². The van der Waals surface area contributed by atoms with Crippen LogP contribution in [-0.2, 0) is 4.79 Å². The second-order valence-corrected chi connectivity index (χ2v) is 4.83. The molecule has 0 aromatic rings. The number of nitrogens with zero attached hydrogens (tertiary/aromatic N) is 1. The predicted octanol–water partition coefficient (Wildman–Crippen LogP) is 1.60. The molecule has 0 aliphatic carbocycles. The van der Waals surface area contributed by atoms with Gasteiger partial charge in [-0.05, 0) is 6.42 Å². The minimum absolute atomic E-state index is 0.105. The van der Waals surface area contributed by atoms with Crippen LogP contribution in [0.3, 0.4) is 0 Å².